The number of aliphatic hydroxyl groups excluding tert-OH is 1. The van der Waals surface area contributed by atoms with E-state index in [0.717, 1.165) is 11.1 Å². The van der Waals surface area contributed by atoms with Crippen molar-refractivity contribution in [2.45, 2.75) is 12.6 Å². The van der Waals surface area contributed by atoms with Crippen LogP contribution in [0.1, 0.15) is 17.2 Å². The molecule has 3 aromatic rings. The number of anilines is 1. The summed E-state index contributed by atoms with van der Waals surface area (Å²) in [4.78, 5) is 16.0. The Morgan fingerprint density at radius 1 is 1.12 bits per heavy atom. The number of nitrogens with one attached hydrogen (secondary N) is 2. The lowest BCUT2D eigenvalue weighted by atomic mass is 10.1. The van der Waals surface area contributed by atoms with Crippen molar-refractivity contribution in [3.63, 3.8) is 0 Å². The molecule has 128 valence electrons. The van der Waals surface area contributed by atoms with Crippen LogP contribution in [0.4, 0.5) is 10.5 Å². The highest BCUT2D eigenvalue weighted by molar-refractivity contribution is 5.90. The number of hydrogen-bond acceptors (Lipinski definition) is 4. The molecule has 0 bridgehead atoms. The molecule has 3 rings (SSSR count). The number of nitrogens with zero attached hydrogens (tertiary/aromatic N) is 3. The van der Waals surface area contributed by atoms with Crippen LogP contribution < -0.4 is 10.6 Å². The number of carbonyl (C=O) groups excluding carboxylic acids is 1. The Bertz CT molecular complexity index is 805. The van der Waals surface area contributed by atoms with Gasteiger partial charge in [0.2, 0.25) is 0 Å². The van der Waals surface area contributed by atoms with Crippen molar-refractivity contribution in [3.8, 4) is 0 Å². The van der Waals surface area contributed by atoms with Crippen molar-refractivity contribution in [1.82, 2.24) is 20.1 Å². The van der Waals surface area contributed by atoms with Gasteiger partial charge in [0, 0.05) is 12.2 Å². The average Bonchev–Trinajstić information content (AvgIpc) is 3.15. The third-order valence-corrected chi connectivity index (χ3v) is 3.70. The summed E-state index contributed by atoms with van der Waals surface area (Å²) in [5.41, 5.74) is 2.35. The van der Waals surface area contributed by atoms with Gasteiger partial charge in [-0.3, -0.25) is 0 Å². The molecule has 0 saturated carbocycles. The van der Waals surface area contributed by atoms with Crippen molar-refractivity contribution < 1.29 is 9.90 Å². The minimum absolute atomic E-state index is 0.126. The van der Waals surface area contributed by atoms with Crippen molar-refractivity contribution in [1.29, 1.82) is 0 Å². The number of benzene rings is 2. The van der Waals surface area contributed by atoms with E-state index in [9.17, 15) is 9.90 Å². The van der Waals surface area contributed by atoms with Gasteiger partial charge >= 0.3 is 6.03 Å². The number of aliphatic hydroxyl groups is 1. The second-order valence-electron chi connectivity index (χ2n) is 5.51. The topological polar surface area (TPSA) is 92.1 Å². The van der Waals surface area contributed by atoms with Crippen LogP contribution in [0.15, 0.2) is 67.3 Å². The first-order chi connectivity index (χ1) is 12.2. The molecule has 2 aromatic carbocycles. The zero-order valence-electron chi connectivity index (χ0n) is 13.5. The molecular weight excluding hydrogens is 318 g/mol. The summed E-state index contributed by atoms with van der Waals surface area (Å²) in [6.07, 6.45) is 2.33. The Balaban J connectivity index is 1.58. The molecule has 0 saturated heterocycles. The highest BCUT2D eigenvalue weighted by Gasteiger charge is 2.11. The zero-order chi connectivity index (χ0) is 17.5. The van der Waals surface area contributed by atoms with E-state index in [1.165, 1.54) is 6.33 Å². The van der Waals surface area contributed by atoms with Gasteiger partial charge in [-0.25, -0.2) is 14.5 Å². The number of amides is 2. The van der Waals surface area contributed by atoms with Crippen LogP contribution in [0.2, 0.25) is 0 Å². The lowest BCUT2D eigenvalue weighted by Crippen LogP contribution is -2.32. The zero-order valence-corrected chi connectivity index (χ0v) is 13.5. The molecular formula is C18H19N5O2. The van der Waals surface area contributed by atoms with Gasteiger partial charge < -0.3 is 15.7 Å². The Labute approximate surface area is 145 Å². The number of carbonyl (C=O) groups is 1. The molecule has 0 fully saturated rings. The lowest BCUT2D eigenvalue weighted by Gasteiger charge is -2.14. The summed E-state index contributed by atoms with van der Waals surface area (Å²) in [6.45, 7) is 0.629. The van der Waals surface area contributed by atoms with E-state index in [2.05, 4.69) is 20.7 Å². The molecule has 0 aliphatic rings. The minimum Gasteiger partial charge on any atom is -0.387 e. The third-order valence-electron chi connectivity index (χ3n) is 3.70. The Hall–Kier alpha value is -3.19. The molecule has 1 atom stereocenters. The highest BCUT2D eigenvalue weighted by atomic mass is 16.3. The number of urea groups is 1. The smallest absolute Gasteiger partial charge is 0.319 e. The van der Waals surface area contributed by atoms with E-state index in [1.807, 2.05) is 54.6 Å². The lowest BCUT2D eigenvalue weighted by molar-refractivity contribution is 0.175. The summed E-state index contributed by atoms with van der Waals surface area (Å²) in [7, 11) is 0. The predicted molar refractivity (Wildman–Crippen MR) is 94.0 cm³/mol. The average molecular weight is 337 g/mol. The molecule has 1 aromatic heterocycles. The normalized spacial score (nSPS) is 11.7. The van der Waals surface area contributed by atoms with Crippen molar-refractivity contribution in [2.75, 3.05) is 11.9 Å². The van der Waals surface area contributed by atoms with Gasteiger partial charge in [0.1, 0.15) is 12.7 Å². The van der Waals surface area contributed by atoms with E-state index >= 15 is 0 Å². The van der Waals surface area contributed by atoms with Gasteiger partial charge in [0.05, 0.1) is 12.6 Å². The largest absolute Gasteiger partial charge is 0.387 e. The first-order valence-electron chi connectivity index (χ1n) is 7.90. The number of rotatable bonds is 6. The van der Waals surface area contributed by atoms with E-state index < -0.39 is 6.10 Å². The molecule has 3 N–H and O–H groups in total. The fourth-order valence-electron chi connectivity index (χ4n) is 2.42. The minimum atomic E-state index is -0.752. The summed E-state index contributed by atoms with van der Waals surface area (Å²) < 4.78 is 1.68. The van der Waals surface area contributed by atoms with Crippen molar-refractivity contribution in [2.24, 2.45) is 0 Å². The number of para-hydroxylation sites is 1. The summed E-state index contributed by atoms with van der Waals surface area (Å²) in [5, 5.41) is 19.7. The van der Waals surface area contributed by atoms with Crippen LogP contribution in [0.5, 0.6) is 0 Å². The number of aromatic nitrogens is 3. The van der Waals surface area contributed by atoms with E-state index in [1.54, 1.807) is 11.0 Å². The van der Waals surface area contributed by atoms with E-state index in [0.29, 0.717) is 12.2 Å². The van der Waals surface area contributed by atoms with Crippen molar-refractivity contribution >= 4 is 11.7 Å². The predicted octanol–water partition coefficient (Wildman–Crippen LogP) is 2.18. The second-order valence-corrected chi connectivity index (χ2v) is 5.51. The molecule has 0 aliphatic heterocycles. The fraction of sp³-hybridized carbons (Fsp3) is 0.167. The van der Waals surface area contributed by atoms with Crippen LogP contribution >= 0.6 is 0 Å². The van der Waals surface area contributed by atoms with Gasteiger partial charge in [-0.05, 0) is 17.2 Å². The highest BCUT2D eigenvalue weighted by Crippen LogP contribution is 2.16. The van der Waals surface area contributed by atoms with Crippen LogP contribution in [0, 0.1) is 0 Å². The first-order valence-corrected chi connectivity index (χ1v) is 7.90. The molecule has 0 radical (unpaired) electrons. The summed E-state index contributed by atoms with van der Waals surface area (Å²) >= 11 is 0. The Morgan fingerprint density at radius 3 is 2.64 bits per heavy atom. The van der Waals surface area contributed by atoms with E-state index in [-0.39, 0.29) is 12.6 Å². The van der Waals surface area contributed by atoms with Gasteiger partial charge in [-0.15, -0.1) is 0 Å². The molecule has 0 aliphatic carbocycles. The van der Waals surface area contributed by atoms with Crippen LogP contribution in [-0.4, -0.2) is 32.4 Å². The molecule has 1 heterocycles. The van der Waals surface area contributed by atoms with Crippen LogP contribution in [0.25, 0.3) is 0 Å². The third kappa shape index (κ3) is 4.65. The molecule has 7 nitrogen and oxygen atoms in total. The van der Waals surface area contributed by atoms with Crippen LogP contribution in [-0.2, 0) is 6.54 Å². The van der Waals surface area contributed by atoms with Crippen LogP contribution in [0.3, 0.4) is 0 Å². The molecule has 1 unspecified atom stereocenters. The second kappa shape index (κ2) is 8.07. The Morgan fingerprint density at radius 2 is 1.88 bits per heavy atom. The van der Waals surface area contributed by atoms with Gasteiger partial charge in [-0.1, -0.05) is 48.5 Å². The number of hydrogen-bond donors (Lipinski definition) is 3. The van der Waals surface area contributed by atoms with Gasteiger partial charge in [0.25, 0.3) is 0 Å². The summed E-state index contributed by atoms with van der Waals surface area (Å²) in [5.74, 6) is 0. The van der Waals surface area contributed by atoms with Gasteiger partial charge in [-0.2, -0.15) is 5.10 Å². The van der Waals surface area contributed by atoms with Gasteiger partial charge in [0.15, 0.2) is 0 Å². The Kier molecular flexibility index (Phi) is 5.38. The van der Waals surface area contributed by atoms with E-state index in [4.69, 9.17) is 0 Å². The van der Waals surface area contributed by atoms with Crippen molar-refractivity contribution in [3.05, 3.63) is 78.4 Å². The fourth-order valence-corrected chi connectivity index (χ4v) is 2.42. The molecule has 0 spiro atoms. The molecule has 7 heteroatoms. The maximum Gasteiger partial charge on any atom is 0.319 e. The molecule has 2 amide bonds. The quantitative estimate of drug-likeness (QED) is 0.643. The summed E-state index contributed by atoms with van der Waals surface area (Å²) in [6, 6.07) is 16.3. The maximum absolute atomic E-state index is 12.1. The standard InChI is InChI=1S/C18H19N5O2/c24-17(14-6-2-1-3-7-14)10-20-18(25)22-16-9-5-4-8-15(16)11-23-13-19-12-21-23/h1-9,12-13,17,24H,10-11H2,(H2,20,22,25). The first kappa shape index (κ1) is 16.7. The monoisotopic (exact) mass is 337 g/mol. The molecule has 25 heavy (non-hydrogen) atoms. The maximum atomic E-state index is 12.1. The SMILES string of the molecule is O=C(NCC(O)c1ccccc1)Nc1ccccc1Cn1cncn1.